The van der Waals surface area contributed by atoms with Gasteiger partial charge in [-0.3, -0.25) is 4.99 Å². The molecule has 30 heavy (non-hydrogen) atoms. The van der Waals surface area contributed by atoms with Gasteiger partial charge in [-0.1, -0.05) is 0 Å². The van der Waals surface area contributed by atoms with Crippen LogP contribution in [0.15, 0.2) is 23.2 Å². The van der Waals surface area contributed by atoms with Gasteiger partial charge in [0.25, 0.3) is 0 Å². The number of nitrogens with one attached hydrogen (secondary N) is 2. The SMILES string of the molecule is CN=C(NCCc1cc(F)ccc1F)NCC1CCN(S(=O)(=O)C(F)(F)F)CC1.I. The van der Waals surface area contributed by atoms with Gasteiger partial charge in [0, 0.05) is 33.2 Å². The molecule has 0 radical (unpaired) electrons. The van der Waals surface area contributed by atoms with E-state index in [1.807, 2.05) is 0 Å². The van der Waals surface area contributed by atoms with Crippen LogP contribution in [0.2, 0.25) is 0 Å². The molecule has 1 fully saturated rings. The Morgan fingerprint density at radius 3 is 2.40 bits per heavy atom. The molecule has 1 saturated heterocycles. The van der Waals surface area contributed by atoms with E-state index in [9.17, 15) is 30.4 Å². The van der Waals surface area contributed by atoms with Crippen LogP contribution in [0.4, 0.5) is 22.0 Å². The van der Waals surface area contributed by atoms with Crippen molar-refractivity contribution in [3.05, 3.63) is 35.4 Å². The van der Waals surface area contributed by atoms with Gasteiger partial charge in [-0.2, -0.15) is 17.5 Å². The Morgan fingerprint density at radius 2 is 1.83 bits per heavy atom. The highest BCUT2D eigenvalue weighted by Crippen LogP contribution is 2.30. The highest BCUT2D eigenvalue weighted by Gasteiger charge is 2.50. The van der Waals surface area contributed by atoms with E-state index in [4.69, 9.17) is 0 Å². The standard InChI is InChI=1S/C17H23F5N4O2S.HI/c1-23-16(24-7-4-13-10-14(18)2-3-15(13)19)25-11-12-5-8-26(9-6-12)29(27,28)17(20,21)22;/h2-3,10,12H,4-9,11H2,1H3,(H2,23,24,25);1H. The van der Waals surface area contributed by atoms with Crippen LogP contribution in [0.25, 0.3) is 0 Å². The fourth-order valence-electron chi connectivity index (χ4n) is 3.01. The minimum atomic E-state index is -5.29. The van der Waals surface area contributed by atoms with Crippen LogP contribution in [-0.4, -0.2) is 57.4 Å². The molecule has 172 valence electrons. The molecule has 1 heterocycles. The number of guanidine groups is 1. The maximum absolute atomic E-state index is 13.6. The first-order chi connectivity index (χ1) is 13.5. The molecule has 0 unspecified atom stereocenters. The molecule has 1 aromatic carbocycles. The predicted molar refractivity (Wildman–Crippen MR) is 114 cm³/mol. The van der Waals surface area contributed by atoms with Crippen molar-refractivity contribution in [3.63, 3.8) is 0 Å². The number of rotatable bonds is 6. The van der Waals surface area contributed by atoms with E-state index in [-0.39, 0.29) is 67.8 Å². The number of alkyl halides is 3. The van der Waals surface area contributed by atoms with E-state index in [1.54, 1.807) is 0 Å². The normalized spacial score (nSPS) is 16.8. The van der Waals surface area contributed by atoms with Crippen LogP contribution >= 0.6 is 24.0 Å². The zero-order valence-electron chi connectivity index (χ0n) is 16.2. The summed E-state index contributed by atoms with van der Waals surface area (Å²) in [6, 6.07) is 3.22. The molecular weight excluding hydrogens is 546 g/mol. The average Bonchev–Trinajstić information content (AvgIpc) is 2.66. The molecule has 1 aromatic rings. The second-order valence-electron chi connectivity index (χ2n) is 6.66. The van der Waals surface area contributed by atoms with Crippen molar-refractivity contribution >= 4 is 40.0 Å². The molecule has 0 spiro atoms. The zero-order chi connectivity index (χ0) is 21.7. The van der Waals surface area contributed by atoms with Gasteiger partial charge in [0.2, 0.25) is 0 Å². The van der Waals surface area contributed by atoms with Crippen molar-refractivity contribution in [1.82, 2.24) is 14.9 Å². The van der Waals surface area contributed by atoms with Gasteiger partial charge in [0.15, 0.2) is 5.96 Å². The van der Waals surface area contributed by atoms with Crippen molar-refractivity contribution in [1.29, 1.82) is 0 Å². The van der Waals surface area contributed by atoms with Crippen LogP contribution in [0.3, 0.4) is 0 Å². The summed E-state index contributed by atoms with van der Waals surface area (Å²) in [5.41, 5.74) is -5.06. The third kappa shape index (κ3) is 7.18. The highest BCUT2D eigenvalue weighted by molar-refractivity contribution is 14.0. The Bertz CT molecular complexity index is 828. The van der Waals surface area contributed by atoms with Crippen molar-refractivity contribution in [2.45, 2.75) is 24.8 Å². The predicted octanol–water partition coefficient (Wildman–Crippen LogP) is 2.85. The van der Waals surface area contributed by atoms with Crippen LogP contribution < -0.4 is 10.6 Å². The molecule has 0 saturated carbocycles. The first-order valence-corrected chi connectivity index (χ1v) is 10.4. The minimum absolute atomic E-state index is 0. The van der Waals surface area contributed by atoms with E-state index in [1.165, 1.54) is 7.05 Å². The molecule has 13 heteroatoms. The van der Waals surface area contributed by atoms with E-state index < -0.39 is 27.2 Å². The van der Waals surface area contributed by atoms with E-state index in [0.717, 1.165) is 18.2 Å². The topological polar surface area (TPSA) is 73.8 Å². The highest BCUT2D eigenvalue weighted by atomic mass is 127. The summed E-state index contributed by atoms with van der Waals surface area (Å²) in [4.78, 5) is 4.00. The number of aliphatic imine (C=N–C) groups is 1. The third-order valence-electron chi connectivity index (χ3n) is 4.68. The average molecular weight is 570 g/mol. The Hall–Kier alpha value is -1.22. The fraction of sp³-hybridized carbons (Fsp3) is 0.588. The van der Waals surface area contributed by atoms with Gasteiger partial charge >= 0.3 is 15.5 Å². The van der Waals surface area contributed by atoms with E-state index in [0.29, 0.717) is 23.4 Å². The number of nitrogens with zero attached hydrogens (tertiary/aromatic N) is 2. The van der Waals surface area contributed by atoms with Gasteiger partial charge in [0.05, 0.1) is 0 Å². The third-order valence-corrected chi connectivity index (χ3v) is 6.31. The van der Waals surface area contributed by atoms with Crippen molar-refractivity contribution in [3.8, 4) is 0 Å². The molecule has 6 nitrogen and oxygen atoms in total. The lowest BCUT2D eigenvalue weighted by Gasteiger charge is -2.31. The summed E-state index contributed by atoms with van der Waals surface area (Å²) in [5.74, 6) is -0.638. The van der Waals surface area contributed by atoms with Crippen molar-refractivity contribution < 1.29 is 30.4 Å². The molecule has 2 N–H and O–H groups in total. The van der Waals surface area contributed by atoms with Gasteiger partial charge in [0.1, 0.15) is 11.6 Å². The zero-order valence-corrected chi connectivity index (χ0v) is 19.3. The first kappa shape index (κ1) is 26.8. The summed E-state index contributed by atoms with van der Waals surface area (Å²) in [6.07, 6.45) is 0.805. The molecule has 1 aliphatic heterocycles. The van der Waals surface area contributed by atoms with Crippen molar-refractivity contribution in [2.75, 3.05) is 33.2 Å². The molecule has 1 aliphatic rings. The lowest BCUT2D eigenvalue weighted by atomic mass is 9.98. The van der Waals surface area contributed by atoms with Crippen molar-refractivity contribution in [2.24, 2.45) is 10.9 Å². The Balaban J connectivity index is 0.00000450. The lowest BCUT2D eigenvalue weighted by molar-refractivity contribution is -0.0496. The molecule has 0 aliphatic carbocycles. The van der Waals surface area contributed by atoms with Crippen LogP contribution in [0.1, 0.15) is 18.4 Å². The molecule has 0 amide bonds. The molecule has 0 aromatic heterocycles. The first-order valence-electron chi connectivity index (χ1n) is 8.99. The molecule has 2 rings (SSSR count). The number of piperidine rings is 1. The number of benzene rings is 1. The fourth-order valence-corrected chi connectivity index (χ4v) is 4.00. The van der Waals surface area contributed by atoms with Gasteiger partial charge < -0.3 is 10.6 Å². The summed E-state index contributed by atoms with van der Waals surface area (Å²) in [5, 5.41) is 5.97. The summed E-state index contributed by atoms with van der Waals surface area (Å²) in [7, 11) is -3.76. The van der Waals surface area contributed by atoms with Crippen LogP contribution in [0, 0.1) is 17.6 Å². The Labute approximate surface area is 189 Å². The maximum atomic E-state index is 13.6. The smallest absolute Gasteiger partial charge is 0.356 e. The summed E-state index contributed by atoms with van der Waals surface area (Å²) < 4.78 is 87.8. The maximum Gasteiger partial charge on any atom is 0.511 e. The number of hydrogen-bond donors (Lipinski definition) is 2. The van der Waals surface area contributed by atoms with E-state index >= 15 is 0 Å². The Kier molecular flexibility index (Phi) is 10.2. The Morgan fingerprint density at radius 1 is 1.20 bits per heavy atom. The second kappa shape index (κ2) is 11.4. The van der Waals surface area contributed by atoms with Gasteiger partial charge in [-0.15, -0.1) is 24.0 Å². The number of sulfonamides is 1. The minimum Gasteiger partial charge on any atom is -0.356 e. The largest absolute Gasteiger partial charge is 0.511 e. The van der Waals surface area contributed by atoms with Gasteiger partial charge in [-0.05, 0) is 48.9 Å². The van der Waals surface area contributed by atoms with Crippen LogP contribution in [0.5, 0.6) is 0 Å². The molecular formula is C17H24F5IN4O2S. The molecule has 0 atom stereocenters. The summed E-state index contributed by atoms with van der Waals surface area (Å²) >= 11 is 0. The second-order valence-corrected chi connectivity index (χ2v) is 8.59. The van der Waals surface area contributed by atoms with Crippen LogP contribution in [-0.2, 0) is 16.4 Å². The number of halogens is 6. The van der Waals surface area contributed by atoms with E-state index in [2.05, 4.69) is 15.6 Å². The number of hydrogen-bond acceptors (Lipinski definition) is 3. The monoisotopic (exact) mass is 570 g/mol. The lowest BCUT2D eigenvalue weighted by Crippen LogP contribution is -2.47. The summed E-state index contributed by atoms with van der Waals surface area (Å²) in [6.45, 7) is 0.300. The van der Waals surface area contributed by atoms with Gasteiger partial charge in [-0.25, -0.2) is 17.2 Å². The molecule has 0 bridgehead atoms. The quantitative estimate of drug-likeness (QED) is 0.239.